The van der Waals surface area contributed by atoms with Gasteiger partial charge >= 0.3 is 0 Å². The third-order valence-corrected chi connectivity index (χ3v) is 3.61. The van der Waals surface area contributed by atoms with Crippen LogP contribution in [0.1, 0.15) is 51.8 Å². The first-order valence-corrected chi connectivity index (χ1v) is 6.92. The van der Waals surface area contributed by atoms with Gasteiger partial charge in [-0.25, -0.2) is 0 Å². The average molecular weight is 235 g/mol. The summed E-state index contributed by atoms with van der Waals surface area (Å²) < 4.78 is 2.04. The topological polar surface area (TPSA) is 29.9 Å². The zero-order valence-electron chi connectivity index (χ0n) is 11.3. The molecule has 0 saturated heterocycles. The summed E-state index contributed by atoms with van der Waals surface area (Å²) >= 11 is 0. The first-order chi connectivity index (χ1) is 8.15. The minimum atomic E-state index is 0.465. The molecule has 0 spiro atoms. The third-order valence-electron chi connectivity index (χ3n) is 3.61. The van der Waals surface area contributed by atoms with Crippen LogP contribution in [0.4, 0.5) is 0 Å². The zero-order valence-corrected chi connectivity index (χ0v) is 11.3. The predicted molar refractivity (Wildman–Crippen MR) is 71.1 cm³/mol. The summed E-state index contributed by atoms with van der Waals surface area (Å²) in [6, 6.07) is 3.41. The van der Waals surface area contributed by atoms with Crippen molar-refractivity contribution in [3.8, 4) is 0 Å². The molecule has 1 N–H and O–H groups in total. The highest BCUT2D eigenvalue weighted by Crippen LogP contribution is 2.18. The Morgan fingerprint density at radius 2 is 2.18 bits per heavy atom. The fourth-order valence-electron chi connectivity index (χ4n) is 2.18. The molecule has 17 heavy (non-hydrogen) atoms. The van der Waals surface area contributed by atoms with Gasteiger partial charge in [-0.2, -0.15) is 5.10 Å². The van der Waals surface area contributed by atoms with E-state index >= 15 is 0 Å². The van der Waals surface area contributed by atoms with E-state index in [1.165, 1.54) is 25.0 Å². The van der Waals surface area contributed by atoms with Gasteiger partial charge in [0.15, 0.2) is 0 Å². The van der Waals surface area contributed by atoms with E-state index in [4.69, 9.17) is 0 Å². The van der Waals surface area contributed by atoms with E-state index in [0.29, 0.717) is 12.0 Å². The summed E-state index contributed by atoms with van der Waals surface area (Å²) in [7, 11) is 0. The second-order valence-electron chi connectivity index (χ2n) is 5.73. The molecule has 1 heterocycles. The van der Waals surface area contributed by atoms with Gasteiger partial charge in [0, 0.05) is 18.3 Å². The van der Waals surface area contributed by atoms with Crippen LogP contribution in [0.3, 0.4) is 0 Å². The van der Waals surface area contributed by atoms with E-state index in [1.807, 2.05) is 4.68 Å². The van der Waals surface area contributed by atoms with Gasteiger partial charge < -0.3 is 5.32 Å². The van der Waals surface area contributed by atoms with Crippen molar-refractivity contribution in [2.75, 3.05) is 6.54 Å². The van der Waals surface area contributed by atoms with Gasteiger partial charge in [-0.3, -0.25) is 4.68 Å². The molecule has 3 nitrogen and oxygen atoms in total. The van der Waals surface area contributed by atoms with Crippen molar-refractivity contribution in [3.63, 3.8) is 0 Å². The van der Waals surface area contributed by atoms with E-state index in [9.17, 15) is 0 Å². The van der Waals surface area contributed by atoms with Crippen molar-refractivity contribution >= 4 is 0 Å². The molecule has 1 aromatic heterocycles. The Bertz CT molecular complexity index is 339. The lowest BCUT2D eigenvalue weighted by atomic mass is 9.92. The number of hydrogen-bond donors (Lipinski definition) is 1. The van der Waals surface area contributed by atoms with Crippen LogP contribution in [0, 0.1) is 5.92 Å². The Balaban J connectivity index is 1.74. The Labute approximate surface area is 105 Å². The van der Waals surface area contributed by atoms with Crippen molar-refractivity contribution in [1.82, 2.24) is 15.1 Å². The molecule has 0 aliphatic heterocycles. The number of nitrogens with zero attached hydrogens (tertiary/aromatic N) is 2. The van der Waals surface area contributed by atoms with Crippen LogP contribution in [-0.2, 0) is 6.42 Å². The largest absolute Gasteiger partial charge is 0.314 e. The minimum Gasteiger partial charge on any atom is -0.314 e. The Hall–Kier alpha value is -0.830. The summed E-state index contributed by atoms with van der Waals surface area (Å²) in [5, 5.41) is 8.23. The standard InChI is InChI=1S/C14H25N3/c1-11(2)17-8-7-14(16-17)9-12(3)10-15-13-5-4-6-13/h7-8,11-13,15H,4-6,9-10H2,1-3H3. The summed E-state index contributed by atoms with van der Waals surface area (Å²) in [5.41, 5.74) is 1.22. The summed E-state index contributed by atoms with van der Waals surface area (Å²) in [6.07, 6.45) is 7.32. The lowest BCUT2D eigenvalue weighted by Crippen LogP contribution is -2.38. The van der Waals surface area contributed by atoms with Gasteiger partial charge in [0.25, 0.3) is 0 Å². The summed E-state index contributed by atoms with van der Waals surface area (Å²) in [6.45, 7) is 7.76. The van der Waals surface area contributed by atoms with E-state index in [2.05, 4.69) is 43.4 Å². The zero-order chi connectivity index (χ0) is 12.3. The maximum Gasteiger partial charge on any atom is 0.0627 e. The van der Waals surface area contributed by atoms with Gasteiger partial charge in [-0.15, -0.1) is 0 Å². The van der Waals surface area contributed by atoms with Crippen molar-refractivity contribution in [3.05, 3.63) is 18.0 Å². The predicted octanol–water partition coefficient (Wildman–Crippen LogP) is 2.78. The number of nitrogens with one attached hydrogen (secondary N) is 1. The molecule has 2 rings (SSSR count). The van der Waals surface area contributed by atoms with Gasteiger partial charge in [-0.05, 0) is 51.6 Å². The maximum atomic E-state index is 4.60. The second-order valence-corrected chi connectivity index (χ2v) is 5.73. The van der Waals surface area contributed by atoms with Crippen LogP contribution in [-0.4, -0.2) is 22.4 Å². The van der Waals surface area contributed by atoms with Crippen LogP contribution in [0.5, 0.6) is 0 Å². The summed E-state index contributed by atoms with van der Waals surface area (Å²) in [4.78, 5) is 0. The normalized spacial score (nSPS) is 18.4. The number of aromatic nitrogens is 2. The minimum absolute atomic E-state index is 0.465. The summed E-state index contributed by atoms with van der Waals surface area (Å²) in [5.74, 6) is 0.672. The number of rotatable bonds is 6. The highest BCUT2D eigenvalue weighted by molar-refractivity contribution is 5.00. The van der Waals surface area contributed by atoms with Crippen LogP contribution in [0.25, 0.3) is 0 Å². The fourth-order valence-corrected chi connectivity index (χ4v) is 2.18. The van der Waals surface area contributed by atoms with E-state index in [-0.39, 0.29) is 0 Å². The smallest absolute Gasteiger partial charge is 0.0627 e. The fraction of sp³-hybridized carbons (Fsp3) is 0.786. The van der Waals surface area contributed by atoms with Crippen LogP contribution >= 0.6 is 0 Å². The first kappa shape index (κ1) is 12.6. The molecule has 1 aromatic rings. The molecule has 0 amide bonds. The van der Waals surface area contributed by atoms with Crippen molar-refractivity contribution in [1.29, 1.82) is 0 Å². The lowest BCUT2D eigenvalue weighted by molar-refractivity contribution is 0.320. The molecule has 1 unspecified atom stereocenters. The van der Waals surface area contributed by atoms with Crippen LogP contribution in [0.2, 0.25) is 0 Å². The molecule has 0 aromatic carbocycles. The molecule has 1 saturated carbocycles. The van der Waals surface area contributed by atoms with Crippen LogP contribution in [0.15, 0.2) is 12.3 Å². The van der Waals surface area contributed by atoms with Gasteiger partial charge in [0.05, 0.1) is 5.69 Å². The van der Waals surface area contributed by atoms with Crippen molar-refractivity contribution in [2.45, 2.75) is 58.5 Å². The number of hydrogen-bond acceptors (Lipinski definition) is 2. The van der Waals surface area contributed by atoms with Gasteiger partial charge in [0.2, 0.25) is 0 Å². The van der Waals surface area contributed by atoms with Gasteiger partial charge in [-0.1, -0.05) is 13.3 Å². The quantitative estimate of drug-likeness (QED) is 0.821. The monoisotopic (exact) mass is 235 g/mol. The molecule has 1 fully saturated rings. The SMILES string of the molecule is CC(CNC1CCC1)Cc1ccn(C(C)C)n1. The highest BCUT2D eigenvalue weighted by Gasteiger charge is 2.17. The Morgan fingerprint density at radius 3 is 2.71 bits per heavy atom. The molecule has 1 atom stereocenters. The Morgan fingerprint density at radius 1 is 1.41 bits per heavy atom. The molecule has 1 aliphatic carbocycles. The van der Waals surface area contributed by atoms with E-state index in [1.54, 1.807) is 0 Å². The second kappa shape index (κ2) is 5.67. The lowest BCUT2D eigenvalue weighted by Gasteiger charge is -2.27. The third kappa shape index (κ3) is 3.56. The van der Waals surface area contributed by atoms with E-state index < -0.39 is 0 Å². The molecule has 0 bridgehead atoms. The highest BCUT2D eigenvalue weighted by atomic mass is 15.3. The Kier molecular flexibility index (Phi) is 4.21. The molecule has 1 aliphatic rings. The van der Waals surface area contributed by atoms with Crippen molar-refractivity contribution < 1.29 is 0 Å². The molecule has 96 valence electrons. The average Bonchev–Trinajstić information content (AvgIpc) is 2.63. The van der Waals surface area contributed by atoms with Crippen LogP contribution < -0.4 is 5.32 Å². The molecular formula is C14H25N3. The molecule has 0 radical (unpaired) electrons. The van der Waals surface area contributed by atoms with E-state index in [0.717, 1.165) is 19.0 Å². The first-order valence-electron chi connectivity index (χ1n) is 6.92. The molecular weight excluding hydrogens is 210 g/mol. The molecule has 3 heteroatoms. The van der Waals surface area contributed by atoms with Crippen molar-refractivity contribution in [2.24, 2.45) is 5.92 Å². The van der Waals surface area contributed by atoms with Gasteiger partial charge in [0.1, 0.15) is 0 Å². The maximum absolute atomic E-state index is 4.60.